The van der Waals surface area contributed by atoms with E-state index >= 15 is 0 Å². The van der Waals surface area contributed by atoms with Crippen molar-refractivity contribution in [2.45, 2.75) is 44.8 Å². The first-order valence-electron chi connectivity index (χ1n) is 7.54. The van der Waals surface area contributed by atoms with Crippen LogP contribution in [-0.2, 0) is 0 Å². The topological polar surface area (TPSA) is 41.5 Å². The Bertz CT molecular complexity index is 448. The van der Waals surface area contributed by atoms with E-state index < -0.39 is 6.10 Å². The number of nitrogens with one attached hydrogen (secondary N) is 1. The lowest BCUT2D eigenvalue weighted by Crippen LogP contribution is -2.39. The molecule has 5 heteroatoms. The highest BCUT2D eigenvalue weighted by molar-refractivity contribution is 6.35. The molecule has 1 saturated carbocycles. The molecule has 0 amide bonds. The lowest BCUT2D eigenvalue weighted by molar-refractivity contribution is 0.101. The summed E-state index contributed by atoms with van der Waals surface area (Å²) in [4.78, 5) is 0. The second-order valence-electron chi connectivity index (χ2n) is 5.90. The average molecular weight is 332 g/mol. The van der Waals surface area contributed by atoms with Gasteiger partial charge in [-0.05, 0) is 49.8 Å². The number of hydrogen-bond donors (Lipinski definition) is 2. The summed E-state index contributed by atoms with van der Waals surface area (Å²) >= 11 is 11.8. The molecular formula is C16H23Cl2NO2. The Hall–Kier alpha value is -0.480. The summed E-state index contributed by atoms with van der Waals surface area (Å²) < 4.78 is 5.53. The van der Waals surface area contributed by atoms with Crippen molar-refractivity contribution in [1.82, 2.24) is 5.32 Å². The maximum absolute atomic E-state index is 9.98. The van der Waals surface area contributed by atoms with Gasteiger partial charge in [0.2, 0.25) is 0 Å². The highest BCUT2D eigenvalue weighted by atomic mass is 35.5. The minimum absolute atomic E-state index is 0.220. The van der Waals surface area contributed by atoms with Crippen LogP contribution in [-0.4, -0.2) is 30.4 Å². The van der Waals surface area contributed by atoms with Crippen LogP contribution in [0, 0.1) is 5.92 Å². The van der Waals surface area contributed by atoms with Crippen LogP contribution in [0.5, 0.6) is 5.75 Å². The number of aliphatic hydroxyl groups is 1. The smallest absolute Gasteiger partial charge is 0.138 e. The lowest BCUT2D eigenvalue weighted by Gasteiger charge is -2.27. The second kappa shape index (κ2) is 8.23. The van der Waals surface area contributed by atoms with Gasteiger partial charge < -0.3 is 15.2 Å². The highest BCUT2D eigenvalue weighted by Crippen LogP contribution is 2.27. The third-order valence-corrected chi connectivity index (χ3v) is 4.51. The average Bonchev–Trinajstić information content (AvgIpc) is 2.46. The van der Waals surface area contributed by atoms with E-state index in [1.165, 1.54) is 25.7 Å². The van der Waals surface area contributed by atoms with E-state index in [2.05, 4.69) is 12.2 Å². The fourth-order valence-electron chi connectivity index (χ4n) is 2.60. The Kier molecular flexibility index (Phi) is 6.62. The van der Waals surface area contributed by atoms with Crippen molar-refractivity contribution >= 4 is 23.2 Å². The van der Waals surface area contributed by atoms with E-state index in [-0.39, 0.29) is 6.61 Å². The van der Waals surface area contributed by atoms with Gasteiger partial charge in [-0.1, -0.05) is 30.1 Å². The molecule has 1 atom stereocenters. The minimum Gasteiger partial charge on any atom is -0.489 e. The molecular weight excluding hydrogens is 309 g/mol. The summed E-state index contributed by atoms with van der Waals surface area (Å²) in [7, 11) is 0. The molecule has 0 heterocycles. The molecule has 1 aromatic carbocycles. The van der Waals surface area contributed by atoms with Gasteiger partial charge in [0.1, 0.15) is 18.5 Å². The summed E-state index contributed by atoms with van der Waals surface area (Å²) in [5.41, 5.74) is 0. The van der Waals surface area contributed by atoms with E-state index in [4.69, 9.17) is 27.9 Å². The summed E-state index contributed by atoms with van der Waals surface area (Å²) in [6.45, 7) is 3.07. The van der Waals surface area contributed by atoms with Crippen LogP contribution >= 0.6 is 23.2 Å². The monoisotopic (exact) mass is 331 g/mol. The molecule has 0 radical (unpaired) electrons. The Balaban J connectivity index is 1.68. The fourth-order valence-corrected chi connectivity index (χ4v) is 3.07. The highest BCUT2D eigenvalue weighted by Gasteiger charge is 2.18. The van der Waals surface area contributed by atoms with E-state index in [1.807, 2.05) is 0 Å². The molecule has 0 bridgehead atoms. The summed E-state index contributed by atoms with van der Waals surface area (Å²) in [6.07, 6.45) is 4.38. The zero-order valence-electron chi connectivity index (χ0n) is 12.3. The first-order chi connectivity index (χ1) is 10.0. The molecule has 1 unspecified atom stereocenters. The largest absolute Gasteiger partial charge is 0.489 e. The van der Waals surface area contributed by atoms with E-state index in [0.717, 1.165) is 5.92 Å². The Morgan fingerprint density at radius 1 is 1.29 bits per heavy atom. The van der Waals surface area contributed by atoms with E-state index in [1.54, 1.807) is 18.2 Å². The van der Waals surface area contributed by atoms with Gasteiger partial charge >= 0.3 is 0 Å². The number of hydrogen-bond acceptors (Lipinski definition) is 3. The predicted octanol–water partition coefficient (Wildman–Crippen LogP) is 3.90. The van der Waals surface area contributed by atoms with Crippen molar-refractivity contribution in [3.05, 3.63) is 28.2 Å². The standard InChI is InChI=1S/C16H23Cl2NO2/c1-11-2-5-13(6-3-11)19-9-14(20)10-21-16-7-4-12(17)8-15(16)18/h4,7-8,11,13-14,19-20H,2-3,5-6,9-10H2,1H3. The van der Waals surface area contributed by atoms with Crippen LogP contribution in [0.25, 0.3) is 0 Å². The van der Waals surface area contributed by atoms with Gasteiger partial charge in [-0.2, -0.15) is 0 Å². The van der Waals surface area contributed by atoms with Crippen LogP contribution in [0.2, 0.25) is 10.0 Å². The molecule has 21 heavy (non-hydrogen) atoms. The summed E-state index contributed by atoms with van der Waals surface area (Å²) in [5, 5.41) is 14.4. The SMILES string of the molecule is CC1CCC(NCC(O)COc2ccc(Cl)cc2Cl)CC1. The molecule has 2 rings (SSSR count). The van der Waals surface area contributed by atoms with Gasteiger partial charge in [-0.25, -0.2) is 0 Å². The Labute approximate surface area is 136 Å². The molecule has 2 N–H and O–H groups in total. The maximum Gasteiger partial charge on any atom is 0.138 e. The first kappa shape index (κ1) is 16.9. The summed E-state index contributed by atoms with van der Waals surface area (Å²) in [6, 6.07) is 5.59. The zero-order chi connectivity index (χ0) is 15.2. The van der Waals surface area contributed by atoms with Crippen LogP contribution in [0.4, 0.5) is 0 Å². The van der Waals surface area contributed by atoms with Crippen LogP contribution < -0.4 is 10.1 Å². The van der Waals surface area contributed by atoms with E-state index in [9.17, 15) is 5.11 Å². The van der Waals surface area contributed by atoms with Crippen molar-refractivity contribution in [3.8, 4) is 5.75 Å². The molecule has 0 aromatic heterocycles. The summed E-state index contributed by atoms with van der Waals surface area (Å²) in [5.74, 6) is 1.38. The normalized spacial score (nSPS) is 23.8. The minimum atomic E-state index is -0.545. The zero-order valence-corrected chi connectivity index (χ0v) is 13.8. The molecule has 3 nitrogen and oxygen atoms in total. The number of halogens is 2. The van der Waals surface area contributed by atoms with Crippen LogP contribution in [0.1, 0.15) is 32.6 Å². The molecule has 1 aliphatic carbocycles. The molecule has 0 spiro atoms. The molecule has 118 valence electrons. The van der Waals surface area contributed by atoms with Gasteiger partial charge in [0.25, 0.3) is 0 Å². The number of aliphatic hydroxyl groups excluding tert-OH is 1. The molecule has 1 fully saturated rings. The first-order valence-corrected chi connectivity index (χ1v) is 8.29. The maximum atomic E-state index is 9.98. The van der Waals surface area contributed by atoms with Crippen molar-refractivity contribution in [3.63, 3.8) is 0 Å². The molecule has 1 aliphatic rings. The quantitative estimate of drug-likeness (QED) is 0.830. The Morgan fingerprint density at radius 3 is 2.67 bits per heavy atom. The third kappa shape index (κ3) is 5.67. The molecule has 0 saturated heterocycles. The number of ether oxygens (including phenoxy) is 1. The van der Waals surface area contributed by atoms with Gasteiger partial charge in [-0.3, -0.25) is 0 Å². The van der Waals surface area contributed by atoms with Crippen molar-refractivity contribution in [2.75, 3.05) is 13.2 Å². The van der Waals surface area contributed by atoms with E-state index in [0.29, 0.717) is 28.4 Å². The molecule has 0 aliphatic heterocycles. The van der Waals surface area contributed by atoms with Crippen LogP contribution in [0.15, 0.2) is 18.2 Å². The second-order valence-corrected chi connectivity index (χ2v) is 6.75. The van der Waals surface area contributed by atoms with Gasteiger partial charge in [0, 0.05) is 17.6 Å². The Morgan fingerprint density at radius 2 is 2.00 bits per heavy atom. The number of rotatable bonds is 6. The predicted molar refractivity (Wildman–Crippen MR) is 87.4 cm³/mol. The number of benzene rings is 1. The fraction of sp³-hybridized carbons (Fsp3) is 0.625. The van der Waals surface area contributed by atoms with Crippen molar-refractivity contribution < 1.29 is 9.84 Å². The van der Waals surface area contributed by atoms with Gasteiger partial charge in [0.05, 0.1) is 5.02 Å². The van der Waals surface area contributed by atoms with Crippen molar-refractivity contribution in [2.24, 2.45) is 5.92 Å². The van der Waals surface area contributed by atoms with Gasteiger partial charge in [0.15, 0.2) is 0 Å². The van der Waals surface area contributed by atoms with Crippen LogP contribution in [0.3, 0.4) is 0 Å². The molecule has 1 aromatic rings. The lowest BCUT2D eigenvalue weighted by atomic mass is 9.87. The van der Waals surface area contributed by atoms with Gasteiger partial charge in [-0.15, -0.1) is 0 Å². The van der Waals surface area contributed by atoms with Crippen molar-refractivity contribution in [1.29, 1.82) is 0 Å². The third-order valence-electron chi connectivity index (χ3n) is 3.98.